The van der Waals surface area contributed by atoms with Crippen molar-refractivity contribution in [3.05, 3.63) is 23.8 Å². The molecule has 2 rings (SSSR count). The van der Waals surface area contributed by atoms with Crippen LogP contribution in [0.2, 0.25) is 0 Å². The van der Waals surface area contributed by atoms with Gasteiger partial charge in [-0.25, -0.2) is 0 Å². The summed E-state index contributed by atoms with van der Waals surface area (Å²) >= 11 is 0. The Bertz CT molecular complexity index is 317. The maximum absolute atomic E-state index is 5.70. The van der Waals surface area contributed by atoms with Gasteiger partial charge in [0.15, 0.2) is 11.5 Å². The van der Waals surface area contributed by atoms with Crippen molar-refractivity contribution in [2.75, 3.05) is 13.2 Å². The number of benzene rings is 1. The molecule has 0 aliphatic carbocycles. The van der Waals surface area contributed by atoms with E-state index in [9.17, 15) is 0 Å². The number of ether oxygens (including phenoxy) is 2. The minimum atomic E-state index is -0.0345. The Kier molecular flexibility index (Phi) is 3.61. The average Bonchev–Trinajstić information content (AvgIpc) is 2.29. The molecule has 0 bridgehead atoms. The Morgan fingerprint density at radius 3 is 2.57 bits per heavy atom. The van der Waals surface area contributed by atoms with Gasteiger partial charge in [0.05, 0.1) is 6.04 Å². The van der Waals surface area contributed by atoms with E-state index in [0.717, 1.165) is 17.1 Å². The summed E-state index contributed by atoms with van der Waals surface area (Å²) in [6, 6.07) is 5.85. The average molecular weight is 216 g/mol. The summed E-state index contributed by atoms with van der Waals surface area (Å²) in [5, 5.41) is 0. The highest BCUT2D eigenvalue weighted by Crippen LogP contribution is 2.29. The topological polar surface area (TPSA) is 44.5 Å². The molecule has 78 valence electrons. The number of hydrogen-bond acceptors (Lipinski definition) is 3. The molecule has 0 aromatic heterocycles. The van der Waals surface area contributed by atoms with Crippen LogP contribution in [0.3, 0.4) is 0 Å². The molecular weight excluding hydrogens is 202 g/mol. The Morgan fingerprint density at radius 2 is 1.86 bits per heavy atom. The predicted molar refractivity (Wildman–Crippen MR) is 57.4 cm³/mol. The van der Waals surface area contributed by atoms with Gasteiger partial charge in [-0.15, -0.1) is 12.4 Å². The molecule has 1 heterocycles. The van der Waals surface area contributed by atoms with E-state index >= 15 is 0 Å². The van der Waals surface area contributed by atoms with E-state index in [2.05, 4.69) is 0 Å². The van der Waals surface area contributed by atoms with Crippen LogP contribution in [0.25, 0.3) is 0 Å². The lowest BCUT2D eigenvalue weighted by atomic mass is 10.2. The Morgan fingerprint density at radius 1 is 1.21 bits per heavy atom. The molecule has 1 aliphatic rings. The van der Waals surface area contributed by atoms with Crippen molar-refractivity contribution in [1.82, 2.24) is 0 Å². The first-order chi connectivity index (χ1) is 6.25. The van der Waals surface area contributed by atoms with Crippen molar-refractivity contribution in [2.24, 2.45) is 5.73 Å². The molecule has 1 atom stereocenters. The van der Waals surface area contributed by atoms with E-state index in [-0.39, 0.29) is 18.4 Å². The van der Waals surface area contributed by atoms with Crippen LogP contribution in [0.1, 0.15) is 5.56 Å². The first kappa shape index (κ1) is 11.1. The van der Waals surface area contributed by atoms with Crippen LogP contribution >= 0.6 is 12.4 Å². The zero-order valence-corrected chi connectivity index (χ0v) is 8.84. The zero-order valence-electron chi connectivity index (χ0n) is 8.03. The van der Waals surface area contributed by atoms with Crippen molar-refractivity contribution in [3.63, 3.8) is 0 Å². The fourth-order valence-corrected chi connectivity index (χ4v) is 1.29. The van der Waals surface area contributed by atoms with E-state index in [0.29, 0.717) is 13.2 Å². The molecule has 0 spiro atoms. The molecule has 0 radical (unpaired) electrons. The third-order valence-electron chi connectivity index (χ3n) is 2.01. The largest absolute Gasteiger partial charge is 0.488 e. The number of fused-ring (bicyclic) bond motifs is 1. The van der Waals surface area contributed by atoms with Crippen LogP contribution in [-0.4, -0.2) is 19.3 Å². The number of hydrogen-bond donors (Lipinski definition) is 1. The Hall–Kier alpha value is -0.930. The fourth-order valence-electron chi connectivity index (χ4n) is 1.29. The summed E-state index contributed by atoms with van der Waals surface area (Å²) in [6.45, 7) is 3.07. The highest BCUT2D eigenvalue weighted by molar-refractivity contribution is 5.85. The molecule has 1 aromatic rings. The highest BCUT2D eigenvalue weighted by atomic mass is 35.5. The summed E-state index contributed by atoms with van der Waals surface area (Å²) in [4.78, 5) is 0. The lowest BCUT2D eigenvalue weighted by Crippen LogP contribution is -2.32. The monoisotopic (exact) mass is 215 g/mol. The van der Waals surface area contributed by atoms with Gasteiger partial charge < -0.3 is 15.2 Å². The van der Waals surface area contributed by atoms with Crippen molar-refractivity contribution >= 4 is 12.4 Å². The predicted octanol–water partition coefficient (Wildman–Crippen LogP) is 1.52. The van der Waals surface area contributed by atoms with Crippen LogP contribution in [-0.2, 0) is 0 Å². The molecule has 1 aliphatic heterocycles. The summed E-state index contributed by atoms with van der Waals surface area (Å²) in [5.74, 6) is 1.59. The Balaban J connectivity index is 0.000000980. The van der Waals surface area contributed by atoms with Gasteiger partial charge >= 0.3 is 0 Å². The van der Waals surface area contributed by atoms with Crippen molar-refractivity contribution in [2.45, 2.75) is 13.0 Å². The molecule has 0 saturated heterocycles. The molecule has 0 saturated carbocycles. The van der Waals surface area contributed by atoms with Crippen LogP contribution in [0, 0.1) is 6.92 Å². The second kappa shape index (κ2) is 4.53. The van der Waals surface area contributed by atoms with Crippen molar-refractivity contribution < 1.29 is 9.47 Å². The maximum Gasteiger partial charge on any atom is 0.161 e. The number of halogens is 1. The van der Waals surface area contributed by atoms with Gasteiger partial charge in [-0.05, 0) is 24.6 Å². The minimum absolute atomic E-state index is 0. The van der Waals surface area contributed by atoms with Gasteiger partial charge in [-0.3, -0.25) is 0 Å². The molecular formula is C10H14ClNO2. The van der Waals surface area contributed by atoms with Gasteiger partial charge in [0.1, 0.15) is 13.2 Å². The van der Waals surface area contributed by atoms with Crippen molar-refractivity contribution in [1.29, 1.82) is 0 Å². The second-order valence-corrected chi connectivity index (χ2v) is 3.33. The molecule has 4 heteroatoms. The maximum atomic E-state index is 5.70. The Labute approximate surface area is 89.6 Å². The standard InChI is InChI=1S/C10H13NO2.ClH/c1-7-2-3-9-10(4-7)13-6-8(11)5-12-9;/h2-4,8H,5-6,11H2,1H3;1H. The van der Waals surface area contributed by atoms with E-state index in [1.165, 1.54) is 0 Å². The number of nitrogens with two attached hydrogens (primary N) is 1. The summed E-state index contributed by atoms with van der Waals surface area (Å²) < 4.78 is 11.0. The van der Waals surface area contributed by atoms with Crippen LogP contribution in [0.15, 0.2) is 18.2 Å². The van der Waals surface area contributed by atoms with Crippen LogP contribution in [0.5, 0.6) is 11.5 Å². The van der Waals surface area contributed by atoms with Gasteiger partial charge in [-0.1, -0.05) is 6.07 Å². The molecule has 0 amide bonds. The normalized spacial score (nSPS) is 19.4. The van der Waals surface area contributed by atoms with E-state index in [1.807, 2.05) is 25.1 Å². The zero-order chi connectivity index (χ0) is 9.26. The summed E-state index contributed by atoms with van der Waals surface area (Å²) in [7, 11) is 0. The second-order valence-electron chi connectivity index (χ2n) is 3.33. The minimum Gasteiger partial charge on any atom is -0.488 e. The van der Waals surface area contributed by atoms with E-state index < -0.39 is 0 Å². The number of aryl methyl sites for hydroxylation is 1. The van der Waals surface area contributed by atoms with Crippen LogP contribution < -0.4 is 15.2 Å². The van der Waals surface area contributed by atoms with E-state index in [1.54, 1.807) is 0 Å². The molecule has 1 unspecified atom stereocenters. The van der Waals surface area contributed by atoms with Crippen LogP contribution in [0.4, 0.5) is 0 Å². The lowest BCUT2D eigenvalue weighted by Gasteiger charge is -2.06. The van der Waals surface area contributed by atoms with E-state index in [4.69, 9.17) is 15.2 Å². The molecule has 1 aromatic carbocycles. The first-order valence-electron chi connectivity index (χ1n) is 4.37. The number of rotatable bonds is 0. The third kappa shape index (κ3) is 2.30. The molecule has 0 fully saturated rings. The summed E-state index contributed by atoms with van der Waals surface area (Å²) in [5.41, 5.74) is 6.87. The van der Waals surface area contributed by atoms with Gasteiger partial charge in [0.2, 0.25) is 0 Å². The molecule has 2 N–H and O–H groups in total. The van der Waals surface area contributed by atoms with Gasteiger partial charge in [0.25, 0.3) is 0 Å². The highest BCUT2D eigenvalue weighted by Gasteiger charge is 2.14. The molecule has 3 nitrogen and oxygen atoms in total. The third-order valence-corrected chi connectivity index (χ3v) is 2.01. The fraction of sp³-hybridized carbons (Fsp3) is 0.400. The quantitative estimate of drug-likeness (QED) is 0.714. The first-order valence-corrected chi connectivity index (χ1v) is 4.37. The molecule has 14 heavy (non-hydrogen) atoms. The van der Waals surface area contributed by atoms with Crippen molar-refractivity contribution in [3.8, 4) is 11.5 Å². The van der Waals surface area contributed by atoms with Gasteiger partial charge in [-0.2, -0.15) is 0 Å². The smallest absolute Gasteiger partial charge is 0.161 e. The van der Waals surface area contributed by atoms with Gasteiger partial charge in [0, 0.05) is 0 Å². The lowest BCUT2D eigenvalue weighted by molar-refractivity contribution is 0.264. The summed E-state index contributed by atoms with van der Waals surface area (Å²) in [6.07, 6.45) is 0. The SMILES string of the molecule is Cc1ccc2c(c1)OCC(N)CO2.Cl.